The molecule has 1 heterocycles. The Morgan fingerprint density at radius 1 is 1.38 bits per heavy atom. The lowest BCUT2D eigenvalue weighted by molar-refractivity contribution is 0.768. The summed E-state index contributed by atoms with van der Waals surface area (Å²) < 4.78 is 0. The number of hydrogen-bond donors (Lipinski definition) is 1. The van der Waals surface area contributed by atoms with Crippen LogP contribution in [0.15, 0.2) is 12.3 Å². The number of nitrogens with zero attached hydrogens (tertiary/aromatic N) is 2. The summed E-state index contributed by atoms with van der Waals surface area (Å²) in [6.45, 7) is 9.50. The zero-order valence-electron chi connectivity index (χ0n) is 10.9. The highest BCUT2D eigenvalue weighted by atomic mass is 15.2. The molecular formula is C13H23N3. The highest BCUT2D eigenvalue weighted by Gasteiger charge is 2.08. The van der Waals surface area contributed by atoms with Gasteiger partial charge in [0, 0.05) is 25.8 Å². The molecule has 0 fully saturated rings. The van der Waals surface area contributed by atoms with Gasteiger partial charge in [-0.15, -0.1) is 0 Å². The van der Waals surface area contributed by atoms with Crippen molar-refractivity contribution in [1.29, 1.82) is 0 Å². The van der Waals surface area contributed by atoms with E-state index in [1.165, 1.54) is 11.1 Å². The normalized spacial score (nSPS) is 10.5. The Labute approximate surface area is 98.9 Å². The molecule has 0 aromatic carbocycles. The van der Waals surface area contributed by atoms with Crippen LogP contribution in [0.1, 0.15) is 31.4 Å². The SMILES string of the molecule is CCCN(CC)c1ncc(CNC)cc1C. The Balaban J connectivity index is 2.87. The van der Waals surface area contributed by atoms with Crippen molar-refractivity contribution < 1.29 is 0 Å². The Bertz CT molecular complexity index is 323. The average molecular weight is 221 g/mol. The van der Waals surface area contributed by atoms with Gasteiger partial charge in [-0.25, -0.2) is 4.98 Å². The molecule has 90 valence electrons. The van der Waals surface area contributed by atoms with Crippen LogP contribution in [0.25, 0.3) is 0 Å². The summed E-state index contributed by atoms with van der Waals surface area (Å²) in [5.74, 6) is 1.13. The maximum absolute atomic E-state index is 4.57. The zero-order valence-corrected chi connectivity index (χ0v) is 10.9. The van der Waals surface area contributed by atoms with Crippen molar-refractivity contribution in [3.05, 3.63) is 23.4 Å². The molecule has 0 aliphatic carbocycles. The third-order valence-corrected chi connectivity index (χ3v) is 2.66. The highest BCUT2D eigenvalue weighted by Crippen LogP contribution is 2.17. The first-order valence-corrected chi connectivity index (χ1v) is 6.08. The van der Waals surface area contributed by atoms with Crippen molar-refractivity contribution in [1.82, 2.24) is 10.3 Å². The Morgan fingerprint density at radius 2 is 2.12 bits per heavy atom. The van der Waals surface area contributed by atoms with Crippen LogP contribution < -0.4 is 10.2 Å². The van der Waals surface area contributed by atoms with Crippen molar-refractivity contribution >= 4 is 5.82 Å². The van der Waals surface area contributed by atoms with E-state index in [-0.39, 0.29) is 0 Å². The highest BCUT2D eigenvalue weighted by molar-refractivity contribution is 5.47. The van der Waals surface area contributed by atoms with Crippen molar-refractivity contribution in [3.8, 4) is 0 Å². The van der Waals surface area contributed by atoms with Crippen LogP contribution >= 0.6 is 0 Å². The first kappa shape index (κ1) is 13.0. The first-order chi connectivity index (χ1) is 7.72. The van der Waals surface area contributed by atoms with E-state index in [4.69, 9.17) is 0 Å². The van der Waals surface area contributed by atoms with Gasteiger partial charge in [-0.1, -0.05) is 6.92 Å². The number of hydrogen-bond acceptors (Lipinski definition) is 3. The third kappa shape index (κ3) is 3.20. The minimum atomic E-state index is 0.883. The lowest BCUT2D eigenvalue weighted by Gasteiger charge is -2.23. The summed E-state index contributed by atoms with van der Waals surface area (Å²) in [7, 11) is 1.96. The number of pyridine rings is 1. The minimum absolute atomic E-state index is 0.883. The summed E-state index contributed by atoms with van der Waals surface area (Å²) in [6.07, 6.45) is 3.13. The fourth-order valence-corrected chi connectivity index (χ4v) is 1.94. The van der Waals surface area contributed by atoms with Gasteiger partial charge in [0.1, 0.15) is 5.82 Å². The predicted octanol–water partition coefficient (Wildman–Crippen LogP) is 2.35. The first-order valence-electron chi connectivity index (χ1n) is 6.08. The molecule has 1 rings (SSSR count). The van der Waals surface area contributed by atoms with Crippen LogP contribution in [0.5, 0.6) is 0 Å². The van der Waals surface area contributed by atoms with Gasteiger partial charge in [0.05, 0.1) is 0 Å². The van der Waals surface area contributed by atoms with E-state index in [0.29, 0.717) is 0 Å². The Kier molecular flexibility index (Phi) is 5.26. The molecule has 0 amide bonds. The van der Waals surface area contributed by atoms with Crippen LogP contribution in [0, 0.1) is 6.92 Å². The van der Waals surface area contributed by atoms with Crippen LogP contribution in [0.3, 0.4) is 0 Å². The lowest BCUT2D eigenvalue weighted by atomic mass is 10.2. The Hall–Kier alpha value is -1.09. The second-order valence-corrected chi connectivity index (χ2v) is 4.09. The standard InChI is InChI=1S/C13H23N3/c1-5-7-16(6-2)13-11(3)8-12(9-14-4)10-15-13/h8,10,14H,5-7,9H2,1-4H3. The molecule has 0 aliphatic heterocycles. The molecule has 0 aliphatic rings. The van der Waals surface area contributed by atoms with Crippen molar-refractivity contribution in [2.24, 2.45) is 0 Å². The van der Waals surface area contributed by atoms with Crippen LogP contribution in [-0.4, -0.2) is 25.1 Å². The van der Waals surface area contributed by atoms with Gasteiger partial charge in [0.15, 0.2) is 0 Å². The molecule has 16 heavy (non-hydrogen) atoms. The molecule has 0 unspecified atom stereocenters. The fourth-order valence-electron chi connectivity index (χ4n) is 1.94. The molecule has 1 aromatic rings. The van der Waals surface area contributed by atoms with E-state index in [2.05, 4.69) is 42.0 Å². The van der Waals surface area contributed by atoms with Crippen LogP contribution in [0.2, 0.25) is 0 Å². The number of aryl methyl sites for hydroxylation is 1. The van der Waals surface area contributed by atoms with Gasteiger partial charge in [-0.3, -0.25) is 0 Å². The van der Waals surface area contributed by atoms with Gasteiger partial charge in [-0.05, 0) is 44.5 Å². The average Bonchev–Trinajstić information content (AvgIpc) is 2.27. The number of aromatic nitrogens is 1. The number of nitrogens with one attached hydrogen (secondary N) is 1. The van der Waals surface area contributed by atoms with Gasteiger partial charge in [0.2, 0.25) is 0 Å². The summed E-state index contributed by atoms with van der Waals surface area (Å²) in [5, 5.41) is 3.15. The zero-order chi connectivity index (χ0) is 12.0. The molecular weight excluding hydrogens is 198 g/mol. The van der Waals surface area contributed by atoms with E-state index < -0.39 is 0 Å². The molecule has 0 bridgehead atoms. The molecule has 0 saturated heterocycles. The molecule has 1 aromatic heterocycles. The molecule has 1 N–H and O–H groups in total. The summed E-state index contributed by atoms with van der Waals surface area (Å²) >= 11 is 0. The minimum Gasteiger partial charge on any atom is -0.357 e. The second kappa shape index (κ2) is 6.48. The largest absolute Gasteiger partial charge is 0.357 e. The maximum Gasteiger partial charge on any atom is 0.131 e. The maximum atomic E-state index is 4.57. The van der Waals surface area contributed by atoms with Crippen molar-refractivity contribution in [2.75, 3.05) is 25.0 Å². The Morgan fingerprint density at radius 3 is 2.62 bits per heavy atom. The smallest absolute Gasteiger partial charge is 0.131 e. The number of rotatable bonds is 6. The van der Waals surface area contributed by atoms with Crippen LogP contribution in [-0.2, 0) is 6.54 Å². The fraction of sp³-hybridized carbons (Fsp3) is 0.615. The summed E-state index contributed by atoms with van der Waals surface area (Å²) in [5.41, 5.74) is 2.51. The van der Waals surface area contributed by atoms with Gasteiger partial charge in [-0.2, -0.15) is 0 Å². The molecule has 0 radical (unpaired) electrons. The molecule has 3 heteroatoms. The lowest BCUT2D eigenvalue weighted by Crippen LogP contribution is -2.25. The van der Waals surface area contributed by atoms with E-state index in [0.717, 1.165) is 31.9 Å². The van der Waals surface area contributed by atoms with Crippen LogP contribution in [0.4, 0.5) is 5.82 Å². The molecule has 0 saturated carbocycles. The number of anilines is 1. The van der Waals surface area contributed by atoms with Crippen molar-refractivity contribution in [3.63, 3.8) is 0 Å². The quantitative estimate of drug-likeness (QED) is 0.799. The van der Waals surface area contributed by atoms with Gasteiger partial charge < -0.3 is 10.2 Å². The molecule has 0 spiro atoms. The second-order valence-electron chi connectivity index (χ2n) is 4.09. The molecule has 3 nitrogen and oxygen atoms in total. The van der Waals surface area contributed by atoms with E-state index in [1.807, 2.05) is 13.2 Å². The topological polar surface area (TPSA) is 28.2 Å². The summed E-state index contributed by atoms with van der Waals surface area (Å²) in [4.78, 5) is 6.90. The third-order valence-electron chi connectivity index (χ3n) is 2.66. The van der Waals surface area contributed by atoms with E-state index >= 15 is 0 Å². The van der Waals surface area contributed by atoms with E-state index in [9.17, 15) is 0 Å². The van der Waals surface area contributed by atoms with Crippen molar-refractivity contribution in [2.45, 2.75) is 33.7 Å². The predicted molar refractivity (Wildman–Crippen MR) is 69.9 cm³/mol. The monoisotopic (exact) mass is 221 g/mol. The van der Waals surface area contributed by atoms with Gasteiger partial charge in [0.25, 0.3) is 0 Å². The molecule has 0 atom stereocenters. The van der Waals surface area contributed by atoms with E-state index in [1.54, 1.807) is 0 Å². The van der Waals surface area contributed by atoms with Gasteiger partial charge >= 0.3 is 0 Å². The summed E-state index contributed by atoms with van der Waals surface area (Å²) in [6, 6.07) is 2.22.